The monoisotopic (exact) mass is 232 g/mol. The predicted molar refractivity (Wildman–Crippen MR) is 58.5 cm³/mol. The van der Waals surface area contributed by atoms with Crippen molar-refractivity contribution in [2.24, 2.45) is 0 Å². The molecule has 86 valence electrons. The number of hydrogen-bond acceptors (Lipinski definition) is 4. The molecule has 0 N–H and O–H groups in total. The van der Waals surface area contributed by atoms with Crippen LogP contribution >= 0.6 is 0 Å². The quantitative estimate of drug-likeness (QED) is 0.628. The second-order valence-electron chi connectivity index (χ2n) is 3.40. The van der Waals surface area contributed by atoms with E-state index in [1.807, 2.05) is 0 Å². The fourth-order valence-corrected chi connectivity index (χ4v) is 3.24. The van der Waals surface area contributed by atoms with Crippen LogP contribution in [0.5, 0.6) is 0 Å². The Morgan fingerprint density at radius 3 is 1.80 bits per heavy atom. The normalized spacial score (nSPS) is 28.8. The summed E-state index contributed by atoms with van der Waals surface area (Å²) in [5.41, 5.74) is 0. The van der Waals surface area contributed by atoms with Crippen LogP contribution < -0.4 is 0 Å². The summed E-state index contributed by atoms with van der Waals surface area (Å²) in [4.78, 5) is 0. The molecule has 0 saturated carbocycles. The van der Waals surface area contributed by atoms with Crippen molar-refractivity contribution >= 4 is 9.84 Å². The first-order chi connectivity index (χ1) is 7.09. The second-order valence-corrected chi connectivity index (χ2v) is 5.55. The lowest BCUT2D eigenvalue weighted by Gasteiger charge is -2.17. The van der Waals surface area contributed by atoms with Gasteiger partial charge in [-0.05, 0) is 0 Å². The Hall–Kier alpha value is -0.650. The molecule has 0 aromatic rings. The molecule has 0 aromatic heterocycles. The minimum absolute atomic E-state index is 0.0304. The maximum absolute atomic E-state index is 11.4. The van der Waals surface area contributed by atoms with Gasteiger partial charge in [0.05, 0.1) is 36.9 Å². The third kappa shape index (κ3) is 3.77. The molecule has 0 aliphatic carbocycles. The van der Waals surface area contributed by atoms with Gasteiger partial charge in [-0.2, -0.15) is 0 Å². The largest absolute Gasteiger partial charge is 0.370 e. The Morgan fingerprint density at radius 2 is 1.47 bits per heavy atom. The molecule has 2 atom stereocenters. The van der Waals surface area contributed by atoms with Crippen LogP contribution in [-0.2, 0) is 19.3 Å². The summed E-state index contributed by atoms with van der Waals surface area (Å²) >= 11 is 0. The molecule has 0 spiro atoms. The summed E-state index contributed by atoms with van der Waals surface area (Å²) in [6, 6.07) is 0. The lowest BCUT2D eigenvalue weighted by atomic mass is 10.2. The van der Waals surface area contributed by atoms with E-state index < -0.39 is 9.84 Å². The first-order valence-electron chi connectivity index (χ1n) is 4.74. The first kappa shape index (κ1) is 12.4. The standard InChI is InChI=1S/C10H16O4S/c1-3-5-13-9-7-15(11,12)8-10(9)14-6-4-2/h3-4,9-10H,1-2,5-8H2/t9-,10+. The van der Waals surface area contributed by atoms with Crippen LogP contribution in [0.15, 0.2) is 25.3 Å². The molecule has 5 heteroatoms. The SMILES string of the molecule is C=CCO[C@H]1CS(=O)(=O)C[C@H]1OCC=C. The van der Waals surface area contributed by atoms with Gasteiger partial charge in [-0.15, -0.1) is 13.2 Å². The third-order valence-corrected chi connectivity index (χ3v) is 3.78. The van der Waals surface area contributed by atoms with Crippen molar-refractivity contribution in [3.05, 3.63) is 25.3 Å². The number of ether oxygens (including phenoxy) is 2. The van der Waals surface area contributed by atoms with Gasteiger partial charge in [0, 0.05) is 0 Å². The summed E-state index contributed by atoms with van der Waals surface area (Å²) in [5.74, 6) is 0.0608. The summed E-state index contributed by atoms with van der Waals surface area (Å²) < 4.78 is 33.4. The predicted octanol–water partition coefficient (Wildman–Crippen LogP) is 0.557. The smallest absolute Gasteiger partial charge is 0.155 e. The molecular weight excluding hydrogens is 216 g/mol. The van der Waals surface area contributed by atoms with Crippen LogP contribution in [0.2, 0.25) is 0 Å². The number of sulfone groups is 1. The van der Waals surface area contributed by atoms with Crippen molar-refractivity contribution in [2.45, 2.75) is 12.2 Å². The van der Waals surface area contributed by atoms with Crippen LogP contribution in [0.25, 0.3) is 0 Å². The third-order valence-electron chi connectivity index (χ3n) is 2.11. The minimum Gasteiger partial charge on any atom is -0.370 e. The van der Waals surface area contributed by atoms with E-state index in [9.17, 15) is 8.42 Å². The van der Waals surface area contributed by atoms with E-state index >= 15 is 0 Å². The van der Waals surface area contributed by atoms with Crippen LogP contribution in [0.3, 0.4) is 0 Å². The molecule has 0 amide bonds. The topological polar surface area (TPSA) is 52.6 Å². The molecule has 1 saturated heterocycles. The maximum atomic E-state index is 11.4. The van der Waals surface area contributed by atoms with Crippen LogP contribution in [-0.4, -0.2) is 45.3 Å². The zero-order chi connectivity index (χ0) is 11.3. The summed E-state index contributed by atoms with van der Waals surface area (Å²) in [6.45, 7) is 7.71. The van der Waals surface area contributed by atoms with Gasteiger partial charge in [0.1, 0.15) is 0 Å². The van der Waals surface area contributed by atoms with Gasteiger partial charge < -0.3 is 9.47 Å². The van der Waals surface area contributed by atoms with Gasteiger partial charge >= 0.3 is 0 Å². The Labute approximate surface area is 90.5 Å². The summed E-state index contributed by atoms with van der Waals surface area (Å²) in [6.07, 6.45) is 2.42. The molecule has 0 radical (unpaired) electrons. The molecule has 1 fully saturated rings. The van der Waals surface area contributed by atoms with Gasteiger partial charge in [-0.3, -0.25) is 0 Å². The van der Waals surface area contributed by atoms with Crippen LogP contribution in [0.4, 0.5) is 0 Å². The van der Waals surface area contributed by atoms with Crippen LogP contribution in [0, 0.1) is 0 Å². The van der Waals surface area contributed by atoms with E-state index in [-0.39, 0.29) is 23.7 Å². The molecule has 1 heterocycles. The van der Waals surface area contributed by atoms with Gasteiger partial charge in [-0.25, -0.2) is 8.42 Å². The molecular formula is C10H16O4S. The van der Waals surface area contributed by atoms with Gasteiger partial charge in [-0.1, -0.05) is 12.2 Å². The Bertz CT molecular complexity index is 294. The molecule has 1 aliphatic heterocycles. The molecule has 1 aliphatic rings. The van der Waals surface area contributed by atoms with Crippen molar-refractivity contribution in [3.63, 3.8) is 0 Å². The van der Waals surface area contributed by atoms with Gasteiger partial charge in [0.2, 0.25) is 0 Å². The summed E-state index contributed by atoms with van der Waals surface area (Å²) in [7, 11) is -3.02. The Morgan fingerprint density at radius 1 is 1.07 bits per heavy atom. The van der Waals surface area contributed by atoms with E-state index in [1.54, 1.807) is 12.2 Å². The summed E-state index contributed by atoms with van der Waals surface area (Å²) in [5, 5.41) is 0. The maximum Gasteiger partial charge on any atom is 0.155 e. The highest BCUT2D eigenvalue weighted by Gasteiger charge is 2.38. The van der Waals surface area contributed by atoms with Gasteiger partial charge in [0.25, 0.3) is 0 Å². The first-order valence-corrected chi connectivity index (χ1v) is 6.56. The van der Waals surface area contributed by atoms with Crippen molar-refractivity contribution in [1.82, 2.24) is 0 Å². The average Bonchev–Trinajstić information content (AvgIpc) is 2.47. The van der Waals surface area contributed by atoms with E-state index in [2.05, 4.69) is 13.2 Å². The molecule has 15 heavy (non-hydrogen) atoms. The van der Waals surface area contributed by atoms with Crippen LogP contribution in [0.1, 0.15) is 0 Å². The zero-order valence-electron chi connectivity index (χ0n) is 8.59. The van der Waals surface area contributed by atoms with E-state index in [0.29, 0.717) is 13.2 Å². The molecule has 0 aromatic carbocycles. The molecule has 0 unspecified atom stereocenters. The number of rotatable bonds is 6. The lowest BCUT2D eigenvalue weighted by molar-refractivity contribution is -0.0293. The molecule has 4 nitrogen and oxygen atoms in total. The number of hydrogen-bond donors (Lipinski definition) is 0. The average molecular weight is 232 g/mol. The second kappa shape index (κ2) is 5.44. The fraction of sp³-hybridized carbons (Fsp3) is 0.600. The van der Waals surface area contributed by atoms with E-state index in [0.717, 1.165) is 0 Å². The van der Waals surface area contributed by atoms with Crippen molar-refractivity contribution < 1.29 is 17.9 Å². The highest BCUT2D eigenvalue weighted by Crippen LogP contribution is 2.19. The highest BCUT2D eigenvalue weighted by atomic mass is 32.2. The molecule has 1 rings (SSSR count). The fourth-order valence-electron chi connectivity index (χ4n) is 1.48. The van der Waals surface area contributed by atoms with Gasteiger partial charge in [0.15, 0.2) is 9.84 Å². The van der Waals surface area contributed by atoms with E-state index in [1.165, 1.54) is 0 Å². The van der Waals surface area contributed by atoms with Crippen molar-refractivity contribution in [1.29, 1.82) is 0 Å². The van der Waals surface area contributed by atoms with E-state index in [4.69, 9.17) is 9.47 Å². The van der Waals surface area contributed by atoms with Crippen molar-refractivity contribution in [3.8, 4) is 0 Å². The zero-order valence-corrected chi connectivity index (χ0v) is 9.41. The van der Waals surface area contributed by atoms with Crippen molar-refractivity contribution in [2.75, 3.05) is 24.7 Å². The Balaban J connectivity index is 2.56. The highest BCUT2D eigenvalue weighted by molar-refractivity contribution is 7.91. The minimum atomic E-state index is -3.02. The Kier molecular flexibility index (Phi) is 4.50. The lowest BCUT2D eigenvalue weighted by Crippen LogP contribution is -2.30. The molecule has 0 bridgehead atoms.